The molecule has 2 rings (SSSR count). The van der Waals surface area contributed by atoms with Crippen molar-refractivity contribution in [2.45, 2.75) is 30.6 Å². The van der Waals surface area contributed by atoms with Gasteiger partial charge in [-0.15, -0.1) is 11.3 Å². The van der Waals surface area contributed by atoms with E-state index in [2.05, 4.69) is 0 Å². The van der Waals surface area contributed by atoms with Crippen molar-refractivity contribution in [1.29, 1.82) is 0 Å². The third-order valence-corrected chi connectivity index (χ3v) is 4.82. The van der Waals surface area contributed by atoms with Crippen molar-refractivity contribution in [3.05, 3.63) is 15.8 Å². The Balaban J connectivity index is 2.55. The predicted molar refractivity (Wildman–Crippen MR) is 54.1 cm³/mol. The number of fused-ring (bicyclic) bond motifs is 1. The Kier molecular flexibility index (Phi) is 2.20. The average Bonchev–Trinajstić information content (AvgIpc) is 2.45. The number of hydrogen-bond donors (Lipinski definition) is 0. The lowest BCUT2D eigenvalue weighted by Gasteiger charge is -2.11. The minimum atomic E-state index is -2.99. The fraction of sp³-hybridized carbons (Fsp3) is 0.556. The lowest BCUT2D eigenvalue weighted by molar-refractivity contribution is 0.599. The van der Waals surface area contributed by atoms with Crippen LogP contribution in [0.2, 0.25) is 0 Å². The zero-order chi connectivity index (χ0) is 9.47. The zero-order valence-corrected chi connectivity index (χ0v) is 9.17. The largest absolute Gasteiger partial charge is 0.224 e. The molecule has 0 saturated heterocycles. The SMILES string of the molecule is CS(=O)(=O)c1csc2c1CCCC2. The van der Waals surface area contributed by atoms with Gasteiger partial charge in [-0.3, -0.25) is 0 Å². The van der Waals surface area contributed by atoms with Crippen LogP contribution in [0.3, 0.4) is 0 Å². The molecule has 0 amide bonds. The Morgan fingerprint density at radius 3 is 2.69 bits per heavy atom. The molecule has 0 fully saturated rings. The van der Waals surface area contributed by atoms with E-state index in [0.29, 0.717) is 4.90 Å². The molecule has 0 radical (unpaired) electrons. The molecule has 0 bridgehead atoms. The van der Waals surface area contributed by atoms with E-state index in [9.17, 15) is 8.42 Å². The molecule has 1 aromatic rings. The molecule has 0 atom stereocenters. The molecule has 0 aliphatic heterocycles. The number of rotatable bonds is 1. The van der Waals surface area contributed by atoms with Gasteiger partial charge in [0.2, 0.25) is 0 Å². The third-order valence-electron chi connectivity index (χ3n) is 2.42. The van der Waals surface area contributed by atoms with E-state index in [4.69, 9.17) is 0 Å². The van der Waals surface area contributed by atoms with Gasteiger partial charge in [-0.1, -0.05) is 0 Å². The smallest absolute Gasteiger partial charge is 0.176 e. The molecule has 1 aliphatic rings. The molecule has 1 heterocycles. The standard InChI is InChI=1S/C9H12O2S2/c1-13(10,11)9-6-12-8-5-3-2-4-7(8)9/h6H,2-5H2,1H3. The second kappa shape index (κ2) is 3.10. The molecule has 13 heavy (non-hydrogen) atoms. The van der Waals surface area contributed by atoms with Crippen LogP contribution in [0.1, 0.15) is 23.3 Å². The fourth-order valence-electron chi connectivity index (χ4n) is 1.78. The molecule has 0 spiro atoms. The summed E-state index contributed by atoms with van der Waals surface area (Å²) in [6, 6.07) is 0. The van der Waals surface area contributed by atoms with Crippen LogP contribution in [0.4, 0.5) is 0 Å². The van der Waals surface area contributed by atoms with Gasteiger partial charge in [0.1, 0.15) is 0 Å². The highest BCUT2D eigenvalue weighted by Gasteiger charge is 2.20. The second-order valence-corrected chi connectivity index (χ2v) is 6.43. The lowest BCUT2D eigenvalue weighted by Crippen LogP contribution is -2.04. The first kappa shape index (κ1) is 9.21. The third kappa shape index (κ3) is 1.65. The van der Waals surface area contributed by atoms with Gasteiger partial charge in [0.25, 0.3) is 0 Å². The van der Waals surface area contributed by atoms with Crippen molar-refractivity contribution in [1.82, 2.24) is 0 Å². The minimum Gasteiger partial charge on any atom is -0.224 e. The second-order valence-electron chi connectivity index (χ2n) is 3.48. The van der Waals surface area contributed by atoms with E-state index in [0.717, 1.165) is 24.8 Å². The first-order valence-electron chi connectivity index (χ1n) is 4.38. The molecule has 0 N–H and O–H groups in total. The van der Waals surface area contributed by atoms with Crippen LogP contribution in [0, 0.1) is 0 Å². The van der Waals surface area contributed by atoms with Crippen LogP contribution in [-0.2, 0) is 22.7 Å². The molecule has 1 aromatic heterocycles. The zero-order valence-electron chi connectivity index (χ0n) is 7.54. The molecule has 0 aromatic carbocycles. The first-order valence-corrected chi connectivity index (χ1v) is 7.15. The van der Waals surface area contributed by atoms with E-state index in [1.807, 2.05) is 0 Å². The Morgan fingerprint density at radius 2 is 2.00 bits per heavy atom. The number of hydrogen-bond acceptors (Lipinski definition) is 3. The van der Waals surface area contributed by atoms with E-state index in [1.165, 1.54) is 17.6 Å². The lowest BCUT2D eigenvalue weighted by atomic mass is 10.00. The van der Waals surface area contributed by atoms with Crippen molar-refractivity contribution in [2.75, 3.05) is 6.26 Å². The monoisotopic (exact) mass is 216 g/mol. The van der Waals surface area contributed by atoms with Crippen LogP contribution < -0.4 is 0 Å². The highest BCUT2D eigenvalue weighted by atomic mass is 32.2. The van der Waals surface area contributed by atoms with Crippen molar-refractivity contribution >= 4 is 21.2 Å². The van der Waals surface area contributed by atoms with Crippen molar-refractivity contribution in [3.8, 4) is 0 Å². The van der Waals surface area contributed by atoms with Crippen LogP contribution in [0.25, 0.3) is 0 Å². The van der Waals surface area contributed by atoms with Crippen molar-refractivity contribution < 1.29 is 8.42 Å². The van der Waals surface area contributed by atoms with Gasteiger partial charge in [-0.25, -0.2) is 8.42 Å². The summed E-state index contributed by atoms with van der Waals surface area (Å²) in [6.45, 7) is 0. The maximum Gasteiger partial charge on any atom is 0.176 e. The van der Waals surface area contributed by atoms with E-state index >= 15 is 0 Å². The van der Waals surface area contributed by atoms with E-state index < -0.39 is 9.84 Å². The summed E-state index contributed by atoms with van der Waals surface area (Å²) >= 11 is 1.60. The Bertz CT molecular complexity index is 415. The molecule has 4 heteroatoms. The van der Waals surface area contributed by atoms with Crippen molar-refractivity contribution in [3.63, 3.8) is 0 Å². The van der Waals surface area contributed by atoms with Crippen LogP contribution in [0.15, 0.2) is 10.3 Å². The Labute approximate surface area is 82.5 Å². The van der Waals surface area contributed by atoms with Gasteiger partial charge in [-0.2, -0.15) is 0 Å². The van der Waals surface area contributed by atoms with E-state index in [-0.39, 0.29) is 0 Å². The summed E-state index contributed by atoms with van der Waals surface area (Å²) in [4.78, 5) is 1.86. The fourth-order valence-corrected chi connectivity index (χ4v) is 4.36. The summed E-state index contributed by atoms with van der Waals surface area (Å²) in [6.07, 6.45) is 5.64. The Hall–Kier alpha value is -0.350. The van der Waals surface area contributed by atoms with Crippen molar-refractivity contribution in [2.24, 2.45) is 0 Å². The van der Waals surface area contributed by atoms with Crippen LogP contribution >= 0.6 is 11.3 Å². The number of aryl methyl sites for hydroxylation is 1. The van der Waals surface area contributed by atoms with Gasteiger partial charge >= 0.3 is 0 Å². The molecular weight excluding hydrogens is 204 g/mol. The predicted octanol–water partition coefficient (Wildman–Crippen LogP) is 2.03. The highest BCUT2D eigenvalue weighted by Crippen LogP contribution is 2.32. The topological polar surface area (TPSA) is 34.1 Å². The maximum absolute atomic E-state index is 11.4. The van der Waals surface area contributed by atoms with Gasteiger partial charge < -0.3 is 0 Å². The highest BCUT2D eigenvalue weighted by molar-refractivity contribution is 7.90. The summed E-state index contributed by atoms with van der Waals surface area (Å²) in [5, 5.41) is 1.80. The molecule has 2 nitrogen and oxygen atoms in total. The molecular formula is C9H12O2S2. The van der Waals surface area contributed by atoms with Gasteiger partial charge in [0.15, 0.2) is 9.84 Å². The number of sulfone groups is 1. The van der Waals surface area contributed by atoms with Gasteiger partial charge in [0.05, 0.1) is 4.90 Å². The summed E-state index contributed by atoms with van der Waals surface area (Å²) in [7, 11) is -2.99. The quantitative estimate of drug-likeness (QED) is 0.720. The first-order chi connectivity index (χ1) is 6.09. The number of thiophene rings is 1. The van der Waals surface area contributed by atoms with Gasteiger partial charge in [0, 0.05) is 16.5 Å². The summed E-state index contributed by atoms with van der Waals surface area (Å²) in [5.41, 5.74) is 1.10. The normalized spacial score (nSPS) is 17.0. The molecule has 72 valence electrons. The molecule has 0 unspecified atom stereocenters. The summed E-state index contributed by atoms with van der Waals surface area (Å²) in [5.74, 6) is 0. The van der Waals surface area contributed by atoms with Crippen LogP contribution in [-0.4, -0.2) is 14.7 Å². The molecule has 0 saturated carbocycles. The average molecular weight is 216 g/mol. The molecule has 1 aliphatic carbocycles. The Morgan fingerprint density at radius 1 is 1.31 bits per heavy atom. The van der Waals surface area contributed by atoms with E-state index in [1.54, 1.807) is 16.7 Å². The summed E-state index contributed by atoms with van der Waals surface area (Å²) < 4.78 is 22.7. The minimum absolute atomic E-state index is 0.576. The maximum atomic E-state index is 11.4. The van der Waals surface area contributed by atoms with Crippen LogP contribution in [0.5, 0.6) is 0 Å². The van der Waals surface area contributed by atoms with Gasteiger partial charge in [-0.05, 0) is 31.2 Å².